The average molecular weight is 456 g/mol. The molecule has 1 unspecified atom stereocenters. The number of benzene rings is 2. The number of carbonyl (C=O) groups excluding carboxylic acids is 1. The van der Waals surface area contributed by atoms with Crippen LogP contribution >= 0.6 is 23.4 Å². The molecule has 2 N–H and O–H groups in total. The van der Waals surface area contributed by atoms with Crippen LogP contribution in [0.4, 0.5) is 5.82 Å². The first-order chi connectivity index (χ1) is 14.9. The number of ether oxygens (including phenoxy) is 1. The molecule has 3 aromatic rings. The summed E-state index contributed by atoms with van der Waals surface area (Å²) < 4.78 is 5.93. The van der Waals surface area contributed by atoms with Gasteiger partial charge in [0.15, 0.2) is 5.16 Å². The maximum atomic E-state index is 13.1. The van der Waals surface area contributed by atoms with Gasteiger partial charge in [0.2, 0.25) is 5.91 Å². The number of nitrogens with zero attached hydrogens (tertiary/aromatic N) is 1. The topological polar surface area (TPSA) is 84.1 Å². The van der Waals surface area contributed by atoms with Gasteiger partial charge in [-0.25, -0.2) is 4.98 Å². The summed E-state index contributed by atoms with van der Waals surface area (Å²) >= 11 is 7.42. The molecular weight excluding hydrogens is 434 g/mol. The van der Waals surface area contributed by atoms with Crippen molar-refractivity contribution in [2.45, 2.75) is 43.2 Å². The third-order valence-corrected chi connectivity index (χ3v) is 6.03. The second-order valence-corrected chi connectivity index (χ2v) is 8.96. The first kappa shape index (κ1) is 21.5. The van der Waals surface area contributed by atoms with Crippen LogP contribution in [0.3, 0.4) is 0 Å². The Morgan fingerprint density at radius 3 is 2.77 bits per heavy atom. The first-order valence-corrected chi connectivity index (χ1v) is 11.3. The number of thioether (sulfide) groups is 1. The lowest BCUT2D eigenvalue weighted by atomic mass is 9.86. The van der Waals surface area contributed by atoms with Gasteiger partial charge in [0, 0.05) is 28.7 Å². The third-order valence-electron chi connectivity index (χ3n) is 4.85. The van der Waals surface area contributed by atoms with Gasteiger partial charge in [-0.3, -0.25) is 9.59 Å². The van der Waals surface area contributed by atoms with Crippen LogP contribution < -0.4 is 15.6 Å². The lowest BCUT2D eigenvalue weighted by Gasteiger charge is -2.26. The summed E-state index contributed by atoms with van der Waals surface area (Å²) in [6.07, 6.45) is 0.130. The van der Waals surface area contributed by atoms with E-state index < -0.39 is 5.92 Å². The number of hydrogen-bond donors (Lipinski definition) is 2. The van der Waals surface area contributed by atoms with E-state index in [9.17, 15) is 9.59 Å². The minimum absolute atomic E-state index is 0.0280. The van der Waals surface area contributed by atoms with Gasteiger partial charge >= 0.3 is 0 Å². The molecule has 1 aliphatic heterocycles. The summed E-state index contributed by atoms with van der Waals surface area (Å²) in [6.45, 7) is 3.88. The Kier molecular flexibility index (Phi) is 6.34. The Labute approximate surface area is 189 Å². The van der Waals surface area contributed by atoms with Crippen molar-refractivity contribution in [1.29, 1.82) is 0 Å². The third kappa shape index (κ3) is 4.94. The molecular formula is C23H22ClN3O3S. The number of carbonyl (C=O) groups is 1. The second kappa shape index (κ2) is 9.16. The molecule has 160 valence electrons. The van der Waals surface area contributed by atoms with E-state index in [0.29, 0.717) is 33.1 Å². The second-order valence-electron chi connectivity index (χ2n) is 7.56. The van der Waals surface area contributed by atoms with Crippen LogP contribution in [0.25, 0.3) is 0 Å². The SMILES string of the molecule is CC(C)Oc1ccccc1C1CC(=O)Nc2nc(SCc3cccc(Cl)c3)[nH]c(=O)c21. The molecule has 0 aliphatic carbocycles. The van der Waals surface area contributed by atoms with Crippen LogP contribution in [-0.2, 0) is 10.5 Å². The van der Waals surface area contributed by atoms with E-state index in [4.69, 9.17) is 16.3 Å². The van der Waals surface area contributed by atoms with E-state index in [2.05, 4.69) is 15.3 Å². The highest BCUT2D eigenvalue weighted by atomic mass is 35.5. The van der Waals surface area contributed by atoms with Crippen molar-refractivity contribution in [1.82, 2.24) is 9.97 Å². The summed E-state index contributed by atoms with van der Waals surface area (Å²) in [6, 6.07) is 15.0. The van der Waals surface area contributed by atoms with Crippen molar-refractivity contribution < 1.29 is 9.53 Å². The number of para-hydroxylation sites is 1. The molecule has 31 heavy (non-hydrogen) atoms. The number of halogens is 1. The smallest absolute Gasteiger partial charge is 0.257 e. The molecule has 1 amide bonds. The van der Waals surface area contributed by atoms with Gasteiger partial charge in [0.1, 0.15) is 11.6 Å². The van der Waals surface area contributed by atoms with Crippen molar-refractivity contribution in [3.05, 3.63) is 80.6 Å². The molecule has 8 heteroatoms. The molecule has 0 fully saturated rings. The summed E-state index contributed by atoms with van der Waals surface area (Å²) in [5, 5.41) is 3.86. The lowest BCUT2D eigenvalue weighted by molar-refractivity contribution is -0.116. The van der Waals surface area contributed by atoms with Gasteiger partial charge < -0.3 is 15.0 Å². The maximum absolute atomic E-state index is 13.1. The molecule has 0 saturated carbocycles. The molecule has 0 spiro atoms. The molecule has 0 saturated heterocycles. The van der Waals surface area contributed by atoms with Crippen LogP contribution in [0.2, 0.25) is 5.02 Å². The molecule has 1 atom stereocenters. The molecule has 0 radical (unpaired) electrons. The highest BCUT2D eigenvalue weighted by molar-refractivity contribution is 7.98. The molecule has 2 heterocycles. The summed E-state index contributed by atoms with van der Waals surface area (Å²) in [5.41, 5.74) is 2.01. The zero-order chi connectivity index (χ0) is 22.0. The number of H-pyrrole nitrogens is 1. The Bertz CT molecular complexity index is 1180. The standard InChI is InChI=1S/C23H22ClN3O3S/c1-13(2)30-18-9-4-3-8-16(18)17-11-19(28)25-21-20(17)22(29)27-23(26-21)31-12-14-6-5-7-15(24)10-14/h3-10,13,17H,11-12H2,1-2H3,(H2,25,26,27,28,29). The van der Waals surface area contributed by atoms with Crippen molar-refractivity contribution in [2.24, 2.45) is 0 Å². The Balaban J connectivity index is 1.67. The molecule has 1 aliphatic rings. The number of nitrogens with one attached hydrogen (secondary N) is 2. The minimum atomic E-state index is -0.429. The number of fused-ring (bicyclic) bond motifs is 1. The summed E-state index contributed by atoms with van der Waals surface area (Å²) in [7, 11) is 0. The van der Waals surface area contributed by atoms with E-state index in [1.165, 1.54) is 11.8 Å². The Morgan fingerprint density at radius 1 is 1.19 bits per heavy atom. The van der Waals surface area contributed by atoms with Crippen molar-refractivity contribution in [3.8, 4) is 5.75 Å². The van der Waals surface area contributed by atoms with Crippen molar-refractivity contribution in [3.63, 3.8) is 0 Å². The quantitative estimate of drug-likeness (QED) is 0.404. The molecule has 2 aromatic carbocycles. The van der Waals surface area contributed by atoms with Crippen LogP contribution in [-0.4, -0.2) is 22.0 Å². The van der Waals surface area contributed by atoms with Gasteiger partial charge in [-0.15, -0.1) is 0 Å². The highest BCUT2D eigenvalue weighted by Crippen LogP contribution is 2.39. The predicted octanol–water partition coefficient (Wildman–Crippen LogP) is 4.98. The van der Waals surface area contributed by atoms with E-state index in [0.717, 1.165) is 11.1 Å². The zero-order valence-electron chi connectivity index (χ0n) is 17.1. The molecule has 6 nitrogen and oxygen atoms in total. The Hall–Kier alpha value is -2.77. The van der Waals surface area contributed by atoms with E-state index in [-0.39, 0.29) is 24.0 Å². The lowest BCUT2D eigenvalue weighted by Crippen LogP contribution is -2.31. The minimum Gasteiger partial charge on any atom is -0.491 e. The number of rotatable bonds is 6. The van der Waals surface area contributed by atoms with Crippen LogP contribution in [0, 0.1) is 0 Å². The number of aromatic amines is 1. The number of hydrogen-bond acceptors (Lipinski definition) is 5. The maximum Gasteiger partial charge on any atom is 0.257 e. The van der Waals surface area contributed by atoms with Crippen LogP contribution in [0.1, 0.15) is 42.9 Å². The fourth-order valence-corrected chi connectivity index (χ4v) is 4.61. The summed E-state index contributed by atoms with van der Waals surface area (Å²) in [4.78, 5) is 32.9. The largest absolute Gasteiger partial charge is 0.491 e. The Morgan fingerprint density at radius 2 is 2.00 bits per heavy atom. The normalized spacial score (nSPS) is 15.5. The van der Waals surface area contributed by atoms with Gasteiger partial charge in [-0.2, -0.15) is 0 Å². The molecule has 0 bridgehead atoms. The van der Waals surface area contributed by atoms with Gasteiger partial charge in [-0.1, -0.05) is 53.7 Å². The summed E-state index contributed by atoms with van der Waals surface area (Å²) in [5.74, 6) is 0.952. The number of amides is 1. The number of aromatic nitrogens is 2. The van der Waals surface area contributed by atoms with Crippen molar-refractivity contribution in [2.75, 3.05) is 5.32 Å². The van der Waals surface area contributed by atoms with Crippen LogP contribution in [0.15, 0.2) is 58.5 Å². The fourth-order valence-electron chi connectivity index (χ4n) is 3.59. The predicted molar refractivity (Wildman–Crippen MR) is 123 cm³/mol. The molecule has 4 rings (SSSR count). The highest BCUT2D eigenvalue weighted by Gasteiger charge is 2.32. The van der Waals surface area contributed by atoms with Crippen molar-refractivity contribution >= 4 is 35.1 Å². The van der Waals surface area contributed by atoms with E-state index in [1.807, 2.05) is 62.4 Å². The fraction of sp³-hybridized carbons (Fsp3) is 0.261. The average Bonchev–Trinajstić information content (AvgIpc) is 2.71. The number of anilines is 1. The zero-order valence-corrected chi connectivity index (χ0v) is 18.7. The monoisotopic (exact) mass is 455 g/mol. The first-order valence-electron chi connectivity index (χ1n) is 9.97. The van der Waals surface area contributed by atoms with Crippen LogP contribution in [0.5, 0.6) is 5.75 Å². The van der Waals surface area contributed by atoms with Gasteiger partial charge in [-0.05, 0) is 37.6 Å². The molecule has 1 aromatic heterocycles. The van der Waals surface area contributed by atoms with E-state index in [1.54, 1.807) is 0 Å². The van der Waals surface area contributed by atoms with E-state index >= 15 is 0 Å². The van der Waals surface area contributed by atoms with Gasteiger partial charge in [0.25, 0.3) is 5.56 Å². The van der Waals surface area contributed by atoms with Gasteiger partial charge in [0.05, 0.1) is 11.7 Å².